The number of benzene rings is 1. The van der Waals surface area contributed by atoms with Crippen LogP contribution in [0.3, 0.4) is 0 Å². The Morgan fingerprint density at radius 2 is 2.00 bits per heavy atom. The van der Waals surface area contributed by atoms with Crippen LogP contribution < -0.4 is 0 Å². The van der Waals surface area contributed by atoms with E-state index in [-0.39, 0.29) is 0 Å². The first-order valence-electron chi connectivity index (χ1n) is 5.38. The molecule has 1 aliphatic rings. The molecule has 0 atom stereocenters. The number of hydrogen-bond acceptors (Lipinski definition) is 1. The van der Waals surface area contributed by atoms with Crippen LogP contribution in [0.15, 0.2) is 36.0 Å². The number of hydrogen-bond donors (Lipinski definition) is 0. The molecule has 0 radical (unpaired) electrons. The standard InChI is InChI=1S/C14H13N/c1-10-6-7-14-13(8-10)12-5-3-2-4-11(12)9-15-14/h2-5,8-9H,6-7H2,1H3. The average molecular weight is 195 g/mol. The quantitative estimate of drug-likeness (QED) is 0.626. The van der Waals surface area contributed by atoms with Crippen molar-refractivity contribution in [1.82, 2.24) is 4.98 Å². The topological polar surface area (TPSA) is 12.9 Å². The zero-order chi connectivity index (χ0) is 10.3. The summed E-state index contributed by atoms with van der Waals surface area (Å²) in [5.74, 6) is 0. The second kappa shape index (κ2) is 3.20. The number of nitrogens with zero attached hydrogens (tertiary/aromatic N) is 1. The molecule has 74 valence electrons. The Morgan fingerprint density at radius 1 is 1.13 bits per heavy atom. The molecule has 0 saturated heterocycles. The van der Waals surface area contributed by atoms with Gasteiger partial charge in [-0.05, 0) is 25.2 Å². The van der Waals surface area contributed by atoms with Gasteiger partial charge in [0.1, 0.15) is 0 Å². The molecule has 3 rings (SSSR count). The van der Waals surface area contributed by atoms with Crippen LogP contribution in [0.2, 0.25) is 0 Å². The summed E-state index contributed by atoms with van der Waals surface area (Å²) in [5.41, 5.74) is 4.04. The Morgan fingerprint density at radius 3 is 2.93 bits per heavy atom. The molecule has 1 aromatic carbocycles. The van der Waals surface area contributed by atoms with Crippen molar-refractivity contribution in [3.05, 3.63) is 47.3 Å². The van der Waals surface area contributed by atoms with E-state index in [9.17, 15) is 0 Å². The van der Waals surface area contributed by atoms with Crippen LogP contribution in [0.1, 0.15) is 24.6 Å². The number of pyridine rings is 1. The van der Waals surface area contributed by atoms with Gasteiger partial charge in [-0.1, -0.05) is 35.9 Å². The van der Waals surface area contributed by atoms with Crippen LogP contribution in [0.5, 0.6) is 0 Å². The largest absolute Gasteiger partial charge is 0.260 e. The van der Waals surface area contributed by atoms with Crippen LogP contribution in [0.25, 0.3) is 16.8 Å². The first-order chi connectivity index (χ1) is 7.34. The first kappa shape index (κ1) is 8.66. The lowest BCUT2D eigenvalue weighted by Crippen LogP contribution is -2.01. The SMILES string of the molecule is CC1=Cc2c(ncc3ccccc23)CC1. The summed E-state index contributed by atoms with van der Waals surface area (Å²) in [5, 5.41) is 2.57. The highest BCUT2D eigenvalue weighted by Crippen LogP contribution is 2.28. The molecule has 0 fully saturated rings. The molecule has 1 nitrogen and oxygen atoms in total. The van der Waals surface area contributed by atoms with Gasteiger partial charge in [-0.15, -0.1) is 0 Å². The monoisotopic (exact) mass is 195 g/mol. The molecule has 0 N–H and O–H groups in total. The predicted molar refractivity (Wildman–Crippen MR) is 63.7 cm³/mol. The van der Waals surface area contributed by atoms with E-state index in [0.717, 1.165) is 12.8 Å². The third-order valence-corrected chi connectivity index (χ3v) is 3.07. The lowest BCUT2D eigenvalue weighted by molar-refractivity contribution is 0.889. The van der Waals surface area contributed by atoms with E-state index in [1.54, 1.807) is 0 Å². The van der Waals surface area contributed by atoms with Crippen molar-refractivity contribution in [2.75, 3.05) is 0 Å². The number of fused-ring (bicyclic) bond motifs is 3. The van der Waals surface area contributed by atoms with Crippen LogP contribution in [0, 0.1) is 0 Å². The highest BCUT2D eigenvalue weighted by Gasteiger charge is 2.11. The van der Waals surface area contributed by atoms with Gasteiger partial charge in [0.15, 0.2) is 0 Å². The molecular weight excluding hydrogens is 182 g/mol. The molecule has 0 aliphatic heterocycles. The molecule has 1 aromatic heterocycles. The minimum Gasteiger partial charge on any atom is -0.260 e. The minimum absolute atomic E-state index is 1.09. The molecule has 15 heavy (non-hydrogen) atoms. The summed E-state index contributed by atoms with van der Waals surface area (Å²) in [6.07, 6.45) is 6.51. The molecule has 0 saturated carbocycles. The van der Waals surface area contributed by atoms with E-state index < -0.39 is 0 Å². The number of allylic oxidation sites excluding steroid dienone is 1. The van der Waals surface area contributed by atoms with E-state index in [2.05, 4.69) is 42.2 Å². The van der Waals surface area contributed by atoms with Gasteiger partial charge < -0.3 is 0 Å². The van der Waals surface area contributed by atoms with Gasteiger partial charge in [-0.3, -0.25) is 4.98 Å². The van der Waals surface area contributed by atoms with E-state index in [1.165, 1.54) is 27.6 Å². The number of aromatic nitrogens is 1. The van der Waals surface area contributed by atoms with Crippen LogP contribution >= 0.6 is 0 Å². The lowest BCUT2D eigenvalue weighted by atomic mass is 9.93. The van der Waals surface area contributed by atoms with Crippen molar-refractivity contribution in [3.8, 4) is 0 Å². The molecule has 1 aliphatic carbocycles. The summed E-state index contributed by atoms with van der Waals surface area (Å²) in [7, 11) is 0. The van der Waals surface area contributed by atoms with Gasteiger partial charge in [0.25, 0.3) is 0 Å². The maximum atomic E-state index is 4.54. The van der Waals surface area contributed by atoms with Crippen LogP contribution in [0.4, 0.5) is 0 Å². The third kappa shape index (κ3) is 1.35. The summed E-state index contributed by atoms with van der Waals surface area (Å²) < 4.78 is 0. The fourth-order valence-electron chi connectivity index (χ4n) is 2.22. The summed E-state index contributed by atoms with van der Waals surface area (Å²) in [6, 6.07) is 8.47. The van der Waals surface area contributed by atoms with Crippen LogP contribution in [-0.2, 0) is 6.42 Å². The molecular formula is C14H13N. The Labute approximate surface area is 89.5 Å². The Bertz CT molecular complexity index is 552. The van der Waals surface area contributed by atoms with Gasteiger partial charge in [-0.2, -0.15) is 0 Å². The Balaban J connectivity index is 2.39. The lowest BCUT2D eigenvalue weighted by Gasteiger charge is -2.14. The predicted octanol–water partition coefficient (Wildman–Crippen LogP) is 3.58. The maximum Gasteiger partial charge on any atom is 0.0485 e. The first-order valence-corrected chi connectivity index (χ1v) is 5.38. The minimum atomic E-state index is 1.09. The Kier molecular flexibility index (Phi) is 1.84. The van der Waals surface area contributed by atoms with Gasteiger partial charge in [-0.25, -0.2) is 0 Å². The van der Waals surface area contributed by atoms with Crippen molar-refractivity contribution >= 4 is 16.8 Å². The second-order valence-electron chi connectivity index (χ2n) is 4.20. The smallest absolute Gasteiger partial charge is 0.0485 e. The van der Waals surface area contributed by atoms with E-state index >= 15 is 0 Å². The van der Waals surface area contributed by atoms with Gasteiger partial charge >= 0.3 is 0 Å². The van der Waals surface area contributed by atoms with Crippen molar-refractivity contribution in [2.45, 2.75) is 19.8 Å². The molecule has 0 unspecified atom stereocenters. The molecule has 0 bridgehead atoms. The fraction of sp³-hybridized carbons (Fsp3) is 0.214. The summed E-state index contributed by atoms with van der Waals surface area (Å²) in [6.45, 7) is 2.20. The molecule has 1 heteroatoms. The average Bonchev–Trinajstić information content (AvgIpc) is 2.29. The van der Waals surface area contributed by atoms with Gasteiger partial charge in [0.05, 0.1) is 0 Å². The van der Waals surface area contributed by atoms with Crippen molar-refractivity contribution in [2.24, 2.45) is 0 Å². The molecule has 2 aromatic rings. The van der Waals surface area contributed by atoms with Gasteiger partial charge in [0.2, 0.25) is 0 Å². The second-order valence-corrected chi connectivity index (χ2v) is 4.20. The van der Waals surface area contributed by atoms with E-state index in [1.807, 2.05) is 6.20 Å². The number of rotatable bonds is 0. The van der Waals surface area contributed by atoms with Crippen molar-refractivity contribution in [1.29, 1.82) is 0 Å². The number of aryl methyl sites for hydroxylation is 1. The van der Waals surface area contributed by atoms with Gasteiger partial charge in [0, 0.05) is 22.8 Å². The van der Waals surface area contributed by atoms with Crippen molar-refractivity contribution in [3.63, 3.8) is 0 Å². The van der Waals surface area contributed by atoms with Crippen molar-refractivity contribution < 1.29 is 0 Å². The highest BCUT2D eigenvalue weighted by atomic mass is 14.7. The summed E-state index contributed by atoms with van der Waals surface area (Å²) in [4.78, 5) is 4.54. The zero-order valence-corrected chi connectivity index (χ0v) is 8.83. The normalized spacial score (nSPS) is 14.9. The molecule has 0 spiro atoms. The summed E-state index contributed by atoms with van der Waals surface area (Å²) >= 11 is 0. The highest BCUT2D eigenvalue weighted by molar-refractivity contribution is 5.91. The fourth-order valence-corrected chi connectivity index (χ4v) is 2.22. The van der Waals surface area contributed by atoms with Crippen LogP contribution in [-0.4, -0.2) is 4.98 Å². The van der Waals surface area contributed by atoms with E-state index in [0.29, 0.717) is 0 Å². The maximum absolute atomic E-state index is 4.54. The zero-order valence-electron chi connectivity index (χ0n) is 8.83. The van der Waals surface area contributed by atoms with E-state index in [4.69, 9.17) is 0 Å². The Hall–Kier alpha value is -1.63. The third-order valence-electron chi connectivity index (χ3n) is 3.07. The molecule has 1 heterocycles. The molecule has 0 amide bonds.